The summed E-state index contributed by atoms with van der Waals surface area (Å²) in [5.74, 6) is -0.389. The maximum atomic E-state index is 13.1. The monoisotopic (exact) mass is 384 g/mol. The van der Waals surface area contributed by atoms with Crippen molar-refractivity contribution in [3.8, 4) is 0 Å². The van der Waals surface area contributed by atoms with Gasteiger partial charge in [0.05, 0.1) is 17.1 Å². The second kappa shape index (κ2) is 7.17. The van der Waals surface area contributed by atoms with Gasteiger partial charge in [-0.1, -0.05) is 53.7 Å². The Morgan fingerprint density at radius 2 is 1.92 bits per heavy atom. The molecule has 0 aromatic heterocycles. The van der Waals surface area contributed by atoms with Crippen molar-refractivity contribution in [1.29, 1.82) is 0 Å². The molecule has 2 aromatic rings. The molecule has 2 aromatic carbocycles. The number of carbonyl (C=O) groups excluding carboxylic acids is 2. The van der Waals surface area contributed by atoms with Crippen LogP contribution in [0.2, 0.25) is 5.02 Å². The van der Waals surface area contributed by atoms with E-state index in [0.717, 1.165) is 29.0 Å². The molecule has 132 valence electrons. The highest BCUT2D eigenvalue weighted by atomic mass is 35.5. The zero-order chi connectivity index (χ0) is 18.1. The molecule has 1 heterocycles. The minimum atomic E-state index is -0.208. The first kappa shape index (κ1) is 17.2. The van der Waals surface area contributed by atoms with E-state index in [4.69, 9.17) is 11.6 Å². The molecule has 26 heavy (non-hydrogen) atoms. The van der Waals surface area contributed by atoms with E-state index in [1.165, 1.54) is 17.8 Å². The molecule has 2 amide bonds. The van der Waals surface area contributed by atoms with Gasteiger partial charge < -0.3 is 10.2 Å². The SMILES string of the molecule is O=C(C=C1Sc2ccccc2N(Cc2ccccc2Cl)C1=O)NC1CC1. The summed E-state index contributed by atoms with van der Waals surface area (Å²) in [6, 6.07) is 15.4. The maximum Gasteiger partial charge on any atom is 0.265 e. The standard InChI is InChI=1S/C20H17ClN2O2S/c21-15-6-2-1-5-13(15)12-23-16-7-3-4-8-17(16)26-18(20(23)25)11-19(24)22-14-9-10-14/h1-8,11,14H,9-10,12H2,(H,22,24). The van der Waals surface area contributed by atoms with Gasteiger partial charge in [0.1, 0.15) is 0 Å². The van der Waals surface area contributed by atoms with Crippen molar-refractivity contribution in [3.05, 3.63) is 70.1 Å². The number of anilines is 1. The van der Waals surface area contributed by atoms with Crippen molar-refractivity contribution in [3.63, 3.8) is 0 Å². The number of nitrogens with one attached hydrogen (secondary N) is 1. The van der Waals surface area contributed by atoms with Gasteiger partial charge in [-0.3, -0.25) is 9.59 Å². The summed E-state index contributed by atoms with van der Waals surface area (Å²) < 4.78 is 0. The van der Waals surface area contributed by atoms with E-state index in [9.17, 15) is 9.59 Å². The summed E-state index contributed by atoms with van der Waals surface area (Å²) in [6.45, 7) is 0.359. The number of thioether (sulfide) groups is 1. The van der Waals surface area contributed by atoms with Crippen molar-refractivity contribution in [2.24, 2.45) is 0 Å². The van der Waals surface area contributed by atoms with Gasteiger partial charge in [-0.2, -0.15) is 0 Å². The molecule has 0 radical (unpaired) electrons. The Kier molecular flexibility index (Phi) is 4.74. The minimum absolute atomic E-state index is 0.181. The summed E-state index contributed by atoms with van der Waals surface area (Å²) in [4.78, 5) is 28.3. The van der Waals surface area contributed by atoms with E-state index in [1.807, 2.05) is 48.5 Å². The summed E-state index contributed by atoms with van der Waals surface area (Å²) in [7, 11) is 0. The first-order chi connectivity index (χ1) is 12.6. The number of hydrogen-bond donors (Lipinski definition) is 1. The van der Waals surface area contributed by atoms with Crippen molar-refractivity contribution in [2.75, 3.05) is 4.90 Å². The van der Waals surface area contributed by atoms with Crippen molar-refractivity contribution in [2.45, 2.75) is 30.3 Å². The van der Waals surface area contributed by atoms with Crippen LogP contribution in [0.3, 0.4) is 0 Å². The molecule has 4 nitrogen and oxygen atoms in total. The smallest absolute Gasteiger partial charge is 0.265 e. The second-order valence-corrected chi connectivity index (χ2v) is 7.83. The lowest BCUT2D eigenvalue weighted by Gasteiger charge is -2.30. The topological polar surface area (TPSA) is 49.4 Å². The van der Waals surface area contributed by atoms with Gasteiger partial charge in [0, 0.05) is 22.0 Å². The molecular formula is C20H17ClN2O2S. The number of rotatable bonds is 4. The third kappa shape index (κ3) is 3.64. The van der Waals surface area contributed by atoms with Crippen LogP contribution in [0.4, 0.5) is 5.69 Å². The first-order valence-electron chi connectivity index (χ1n) is 8.46. The van der Waals surface area contributed by atoms with Gasteiger partial charge in [0.15, 0.2) is 0 Å². The minimum Gasteiger partial charge on any atom is -0.350 e. The Balaban J connectivity index is 1.66. The van der Waals surface area contributed by atoms with Crippen LogP contribution < -0.4 is 10.2 Å². The fraction of sp³-hybridized carbons (Fsp3) is 0.200. The Bertz CT molecular complexity index is 908. The quantitative estimate of drug-likeness (QED) is 0.806. The van der Waals surface area contributed by atoms with E-state index < -0.39 is 0 Å². The molecule has 0 bridgehead atoms. The summed E-state index contributed by atoms with van der Waals surface area (Å²) in [5, 5.41) is 3.52. The Labute approximate surface area is 161 Å². The van der Waals surface area contributed by atoms with Crippen LogP contribution in [0, 0.1) is 0 Å². The number of benzene rings is 2. The molecular weight excluding hydrogens is 368 g/mol. The average molecular weight is 385 g/mol. The molecule has 1 fully saturated rings. The van der Waals surface area contributed by atoms with E-state index in [-0.39, 0.29) is 17.9 Å². The summed E-state index contributed by atoms with van der Waals surface area (Å²) in [6.07, 6.45) is 3.44. The summed E-state index contributed by atoms with van der Waals surface area (Å²) in [5.41, 5.74) is 1.70. The van der Waals surface area contributed by atoms with E-state index in [2.05, 4.69) is 5.32 Å². The molecule has 0 spiro atoms. The lowest BCUT2D eigenvalue weighted by molar-refractivity contribution is -0.118. The van der Waals surface area contributed by atoms with Crippen molar-refractivity contribution in [1.82, 2.24) is 5.32 Å². The van der Waals surface area contributed by atoms with Crippen molar-refractivity contribution < 1.29 is 9.59 Å². The second-order valence-electron chi connectivity index (χ2n) is 6.34. The number of carbonyl (C=O) groups is 2. The van der Waals surface area contributed by atoms with Crippen LogP contribution in [0.25, 0.3) is 0 Å². The molecule has 0 atom stereocenters. The molecule has 0 saturated heterocycles. The van der Waals surface area contributed by atoms with E-state index in [1.54, 1.807) is 4.90 Å². The van der Waals surface area contributed by atoms with Gasteiger partial charge in [-0.15, -0.1) is 0 Å². The maximum absolute atomic E-state index is 13.1. The van der Waals surface area contributed by atoms with Gasteiger partial charge in [-0.25, -0.2) is 0 Å². The highest BCUT2D eigenvalue weighted by Gasteiger charge is 2.30. The number of fused-ring (bicyclic) bond motifs is 1. The normalized spacial score (nSPS) is 18.0. The van der Waals surface area contributed by atoms with Crippen LogP contribution in [-0.4, -0.2) is 17.9 Å². The molecule has 1 N–H and O–H groups in total. The molecule has 6 heteroatoms. The predicted molar refractivity (Wildman–Crippen MR) is 104 cm³/mol. The molecule has 4 rings (SSSR count). The van der Waals surface area contributed by atoms with E-state index >= 15 is 0 Å². The molecule has 0 unspecified atom stereocenters. The van der Waals surface area contributed by atoms with Crippen LogP contribution in [0.5, 0.6) is 0 Å². The van der Waals surface area contributed by atoms with Gasteiger partial charge in [0.2, 0.25) is 5.91 Å². The average Bonchev–Trinajstić information content (AvgIpc) is 3.44. The van der Waals surface area contributed by atoms with Crippen molar-refractivity contribution >= 4 is 40.9 Å². The van der Waals surface area contributed by atoms with Crippen LogP contribution in [-0.2, 0) is 16.1 Å². The molecule has 1 aliphatic heterocycles. The first-order valence-corrected chi connectivity index (χ1v) is 9.65. The fourth-order valence-corrected chi connectivity index (χ4v) is 4.03. The zero-order valence-corrected chi connectivity index (χ0v) is 15.5. The Morgan fingerprint density at radius 3 is 2.69 bits per heavy atom. The van der Waals surface area contributed by atoms with Gasteiger partial charge in [0.25, 0.3) is 5.91 Å². The number of amides is 2. The lowest BCUT2D eigenvalue weighted by atomic mass is 10.1. The molecule has 1 aliphatic carbocycles. The Morgan fingerprint density at radius 1 is 1.19 bits per heavy atom. The number of nitrogens with zero attached hydrogens (tertiary/aromatic N) is 1. The third-order valence-corrected chi connectivity index (χ3v) is 5.75. The number of halogens is 1. The lowest BCUT2D eigenvalue weighted by Crippen LogP contribution is -2.35. The number of hydrogen-bond acceptors (Lipinski definition) is 3. The molecule has 1 saturated carbocycles. The third-order valence-electron chi connectivity index (χ3n) is 4.30. The van der Waals surface area contributed by atoms with E-state index in [0.29, 0.717) is 16.5 Å². The van der Waals surface area contributed by atoms with Crippen LogP contribution in [0.15, 0.2) is 64.4 Å². The predicted octanol–water partition coefficient (Wildman–Crippen LogP) is 4.14. The fourth-order valence-electron chi connectivity index (χ4n) is 2.81. The zero-order valence-electron chi connectivity index (χ0n) is 13.9. The highest BCUT2D eigenvalue weighted by molar-refractivity contribution is 8.04. The highest BCUT2D eigenvalue weighted by Crippen LogP contribution is 2.42. The largest absolute Gasteiger partial charge is 0.350 e. The van der Waals surface area contributed by atoms with Gasteiger partial charge >= 0.3 is 0 Å². The molecule has 2 aliphatic rings. The number of para-hydroxylation sites is 1. The van der Waals surface area contributed by atoms with Crippen LogP contribution in [0.1, 0.15) is 18.4 Å². The Hall–Kier alpha value is -2.24. The summed E-state index contributed by atoms with van der Waals surface area (Å²) >= 11 is 7.62. The van der Waals surface area contributed by atoms with Gasteiger partial charge in [-0.05, 0) is 36.6 Å². The van der Waals surface area contributed by atoms with Crippen LogP contribution >= 0.6 is 23.4 Å².